The van der Waals surface area contributed by atoms with Gasteiger partial charge in [-0.15, -0.1) is 0 Å². The average molecular weight is 185 g/mol. The highest BCUT2D eigenvalue weighted by atomic mass is 35.5. The molecule has 12 heavy (non-hydrogen) atoms. The third-order valence-electron chi connectivity index (χ3n) is 1.60. The smallest absolute Gasteiger partial charge is 0.0639 e. The van der Waals surface area contributed by atoms with Crippen LogP contribution in [0, 0.1) is 6.92 Å². The van der Waals surface area contributed by atoms with Crippen molar-refractivity contribution in [1.29, 1.82) is 0 Å². The molecule has 66 valence electrons. The highest BCUT2D eigenvalue weighted by Crippen LogP contribution is 2.16. The Morgan fingerprint density at radius 2 is 2.33 bits per heavy atom. The van der Waals surface area contributed by atoms with Gasteiger partial charge < -0.3 is 5.32 Å². The summed E-state index contributed by atoms with van der Waals surface area (Å²) in [4.78, 5) is 4.14. The van der Waals surface area contributed by atoms with Gasteiger partial charge >= 0.3 is 0 Å². The van der Waals surface area contributed by atoms with E-state index in [9.17, 15) is 0 Å². The first-order valence-electron chi connectivity index (χ1n) is 4.10. The second-order valence-electron chi connectivity index (χ2n) is 2.72. The molecule has 0 fully saturated rings. The number of hydrogen-bond donors (Lipinski definition) is 1. The Labute approximate surface area is 78.0 Å². The lowest BCUT2D eigenvalue weighted by Gasteiger charge is -2.04. The van der Waals surface area contributed by atoms with Gasteiger partial charge in [-0.2, -0.15) is 0 Å². The van der Waals surface area contributed by atoms with Gasteiger partial charge in [0.2, 0.25) is 0 Å². The van der Waals surface area contributed by atoms with E-state index in [-0.39, 0.29) is 0 Å². The first kappa shape index (κ1) is 9.33. The molecule has 0 aromatic carbocycles. The van der Waals surface area contributed by atoms with Crippen molar-refractivity contribution in [3.8, 4) is 0 Å². The van der Waals surface area contributed by atoms with Crippen molar-refractivity contribution in [3.05, 3.63) is 23.0 Å². The Balaban J connectivity index is 2.69. The molecule has 1 aromatic heterocycles. The largest absolute Gasteiger partial charge is 0.384 e. The van der Waals surface area contributed by atoms with Crippen LogP contribution in [-0.4, -0.2) is 11.5 Å². The summed E-state index contributed by atoms with van der Waals surface area (Å²) in [5, 5.41) is 3.93. The zero-order valence-corrected chi connectivity index (χ0v) is 8.15. The normalized spacial score (nSPS) is 9.92. The molecule has 0 saturated heterocycles. The van der Waals surface area contributed by atoms with Gasteiger partial charge in [-0.3, -0.25) is 4.98 Å². The number of nitrogens with one attached hydrogen (secondary N) is 1. The third-order valence-corrected chi connectivity index (χ3v) is 1.99. The van der Waals surface area contributed by atoms with Gasteiger partial charge in [-0.1, -0.05) is 18.5 Å². The van der Waals surface area contributed by atoms with Gasteiger partial charge in [0.1, 0.15) is 0 Å². The fourth-order valence-electron chi connectivity index (χ4n) is 0.872. The van der Waals surface area contributed by atoms with E-state index in [0.717, 1.165) is 29.4 Å². The van der Waals surface area contributed by atoms with Crippen LogP contribution in [0.2, 0.25) is 5.02 Å². The van der Waals surface area contributed by atoms with E-state index in [1.165, 1.54) is 0 Å². The number of aromatic nitrogens is 1. The Kier molecular flexibility index (Phi) is 3.35. The minimum absolute atomic E-state index is 0.719. The van der Waals surface area contributed by atoms with Crippen LogP contribution in [0.4, 0.5) is 5.69 Å². The molecule has 3 heteroatoms. The molecule has 0 aliphatic rings. The van der Waals surface area contributed by atoms with Crippen molar-refractivity contribution in [1.82, 2.24) is 4.98 Å². The molecule has 0 atom stereocenters. The summed E-state index contributed by atoms with van der Waals surface area (Å²) in [6.45, 7) is 4.98. The first-order chi connectivity index (χ1) is 5.74. The predicted molar refractivity (Wildman–Crippen MR) is 52.8 cm³/mol. The van der Waals surface area contributed by atoms with Gasteiger partial charge in [0.05, 0.1) is 22.6 Å². The van der Waals surface area contributed by atoms with Crippen LogP contribution in [0.3, 0.4) is 0 Å². The van der Waals surface area contributed by atoms with Crippen LogP contribution in [-0.2, 0) is 0 Å². The molecule has 0 aliphatic heterocycles. The number of halogens is 1. The SMILES string of the molecule is CCCNc1cnc(C)c(Cl)c1. The maximum atomic E-state index is 5.89. The van der Waals surface area contributed by atoms with Gasteiger partial charge in [0.25, 0.3) is 0 Å². The molecule has 0 bridgehead atoms. The Bertz CT molecular complexity index is 261. The molecule has 1 heterocycles. The topological polar surface area (TPSA) is 24.9 Å². The van der Waals surface area contributed by atoms with Crippen LogP contribution in [0.15, 0.2) is 12.3 Å². The molecule has 0 aliphatic carbocycles. The molecule has 1 rings (SSSR count). The van der Waals surface area contributed by atoms with Gasteiger partial charge in [0, 0.05) is 6.54 Å². The molecule has 1 N–H and O–H groups in total. The van der Waals surface area contributed by atoms with Crippen molar-refractivity contribution in [3.63, 3.8) is 0 Å². The van der Waals surface area contributed by atoms with E-state index in [2.05, 4.69) is 17.2 Å². The zero-order chi connectivity index (χ0) is 8.97. The van der Waals surface area contributed by atoms with Crippen LogP contribution < -0.4 is 5.32 Å². The number of hydrogen-bond acceptors (Lipinski definition) is 2. The third kappa shape index (κ3) is 2.38. The standard InChI is InChI=1S/C9H13ClN2/c1-3-4-11-8-5-9(10)7(2)12-6-8/h5-6,11H,3-4H2,1-2H3. The average Bonchev–Trinajstić information content (AvgIpc) is 2.07. The summed E-state index contributed by atoms with van der Waals surface area (Å²) in [5.74, 6) is 0. The quantitative estimate of drug-likeness (QED) is 0.782. The molecule has 0 radical (unpaired) electrons. The predicted octanol–water partition coefficient (Wildman–Crippen LogP) is 2.87. The van der Waals surface area contributed by atoms with E-state index < -0.39 is 0 Å². The number of nitrogens with zero attached hydrogens (tertiary/aromatic N) is 1. The summed E-state index contributed by atoms with van der Waals surface area (Å²) >= 11 is 5.89. The minimum atomic E-state index is 0.719. The Morgan fingerprint density at radius 3 is 2.92 bits per heavy atom. The molecule has 2 nitrogen and oxygen atoms in total. The van der Waals surface area contributed by atoms with Crippen molar-refractivity contribution in [2.75, 3.05) is 11.9 Å². The number of aryl methyl sites for hydroxylation is 1. The summed E-state index contributed by atoms with van der Waals surface area (Å²) in [6.07, 6.45) is 2.91. The van der Waals surface area contributed by atoms with Crippen molar-refractivity contribution in [2.24, 2.45) is 0 Å². The van der Waals surface area contributed by atoms with E-state index in [0.29, 0.717) is 0 Å². The molecule has 0 unspecified atom stereocenters. The lowest BCUT2D eigenvalue weighted by molar-refractivity contribution is 0.976. The number of rotatable bonds is 3. The summed E-state index contributed by atoms with van der Waals surface area (Å²) in [6, 6.07) is 1.90. The van der Waals surface area contributed by atoms with Crippen molar-refractivity contribution >= 4 is 17.3 Å². The van der Waals surface area contributed by atoms with Gasteiger partial charge in [0.15, 0.2) is 0 Å². The lowest BCUT2D eigenvalue weighted by Crippen LogP contribution is -2.00. The van der Waals surface area contributed by atoms with Gasteiger partial charge in [-0.05, 0) is 19.4 Å². The Morgan fingerprint density at radius 1 is 1.58 bits per heavy atom. The minimum Gasteiger partial charge on any atom is -0.384 e. The molecule has 0 saturated carbocycles. The highest BCUT2D eigenvalue weighted by Gasteiger charge is 1.97. The van der Waals surface area contributed by atoms with E-state index in [1.807, 2.05) is 13.0 Å². The van der Waals surface area contributed by atoms with E-state index >= 15 is 0 Å². The number of pyridine rings is 1. The summed E-state index contributed by atoms with van der Waals surface area (Å²) in [5.41, 5.74) is 1.87. The van der Waals surface area contributed by atoms with Gasteiger partial charge in [-0.25, -0.2) is 0 Å². The molecule has 1 aromatic rings. The van der Waals surface area contributed by atoms with Crippen LogP contribution in [0.1, 0.15) is 19.0 Å². The second-order valence-corrected chi connectivity index (χ2v) is 3.13. The lowest BCUT2D eigenvalue weighted by atomic mass is 10.3. The maximum absolute atomic E-state index is 5.89. The maximum Gasteiger partial charge on any atom is 0.0639 e. The molecule has 0 amide bonds. The second kappa shape index (κ2) is 4.31. The highest BCUT2D eigenvalue weighted by molar-refractivity contribution is 6.31. The van der Waals surface area contributed by atoms with E-state index in [4.69, 9.17) is 11.6 Å². The fourth-order valence-corrected chi connectivity index (χ4v) is 1.04. The fraction of sp³-hybridized carbons (Fsp3) is 0.444. The summed E-state index contributed by atoms with van der Waals surface area (Å²) in [7, 11) is 0. The van der Waals surface area contributed by atoms with Crippen molar-refractivity contribution < 1.29 is 0 Å². The molecular weight excluding hydrogens is 172 g/mol. The van der Waals surface area contributed by atoms with Crippen molar-refractivity contribution in [2.45, 2.75) is 20.3 Å². The van der Waals surface area contributed by atoms with Crippen LogP contribution >= 0.6 is 11.6 Å². The monoisotopic (exact) mass is 184 g/mol. The molecular formula is C9H13ClN2. The zero-order valence-electron chi connectivity index (χ0n) is 7.39. The van der Waals surface area contributed by atoms with Crippen LogP contribution in [0.25, 0.3) is 0 Å². The Hall–Kier alpha value is -0.760. The van der Waals surface area contributed by atoms with Crippen LogP contribution in [0.5, 0.6) is 0 Å². The summed E-state index contributed by atoms with van der Waals surface area (Å²) < 4.78 is 0. The first-order valence-corrected chi connectivity index (χ1v) is 4.48. The molecule has 0 spiro atoms. The number of anilines is 1. The van der Waals surface area contributed by atoms with E-state index in [1.54, 1.807) is 6.20 Å².